The number of aromatic amines is 2. The van der Waals surface area contributed by atoms with Gasteiger partial charge in [0.05, 0.1) is 25.6 Å². The monoisotopic (exact) mass is 395 g/mol. The molecule has 0 saturated carbocycles. The van der Waals surface area contributed by atoms with Crippen LogP contribution in [-0.4, -0.2) is 29.2 Å². The zero-order valence-corrected chi connectivity index (χ0v) is 16.8. The van der Waals surface area contributed by atoms with E-state index in [0.29, 0.717) is 11.5 Å². The Hall–Kier alpha value is -3.99. The number of fused-ring (bicyclic) bond motifs is 1. The van der Waals surface area contributed by atoms with Crippen LogP contribution in [0.3, 0.4) is 0 Å². The molecule has 2 heterocycles. The van der Waals surface area contributed by atoms with Gasteiger partial charge in [0, 0.05) is 33.8 Å². The fraction of sp³-hybridized carbons (Fsp3) is 0.0800. The van der Waals surface area contributed by atoms with E-state index in [-0.39, 0.29) is 0 Å². The Balaban J connectivity index is 1.72. The number of H-pyrrole nitrogens is 2. The quantitative estimate of drug-likeness (QED) is 0.389. The second-order valence-electron chi connectivity index (χ2n) is 6.99. The van der Waals surface area contributed by atoms with Gasteiger partial charge in [-0.05, 0) is 24.3 Å². The minimum Gasteiger partial charge on any atom is -0.493 e. The van der Waals surface area contributed by atoms with Crippen molar-refractivity contribution in [2.75, 3.05) is 14.2 Å². The second kappa shape index (κ2) is 7.44. The molecule has 0 amide bonds. The van der Waals surface area contributed by atoms with Crippen molar-refractivity contribution in [1.29, 1.82) is 0 Å². The van der Waals surface area contributed by atoms with Gasteiger partial charge in [-0.1, -0.05) is 48.5 Å². The van der Waals surface area contributed by atoms with Crippen LogP contribution in [0.25, 0.3) is 44.8 Å². The number of benzene rings is 3. The maximum atomic E-state index is 5.51. The van der Waals surface area contributed by atoms with Crippen molar-refractivity contribution < 1.29 is 9.47 Å². The summed E-state index contributed by atoms with van der Waals surface area (Å²) in [4.78, 5) is 11.9. The minimum atomic E-state index is 0.672. The Kier molecular flexibility index (Phi) is 4.48. The van der Waals surface area contributed by atoms with Crippen LogP contribution in [0.15, 0.2) is 79.0 Å². The zero-order valence-electron chi connectivity index (χ0n) is 16.8. The molecule has 0 saturated heterocycles. The summed E-state index contributed by atoms with van der Waals surface area (Å²) in [6.07, 6.45) is 2.00. The average Bonchev–Trinajstić information content (AvgIpc) is 3.43. The summed E-state index contributed by atoms with van der Waals surface area (Å²) in [6, 6.07) is 24.3. The predicted molar refractivity (Wildman–Crippen MR) is 120 cm³/mol. The van der Waals surface area contributed by atoms with Crippen LogP contribution in [0, 0.1) is 0 Å². The summed E-state index contributed by atoms with van der Waals surface area (Å²) < 4.78 is 10.9. The Labute approximate surface area is 174 Å². The number of nitrogens with zero attached hydrogens (tertiary/aromatic N) is 1. The lowest BCUT2D eigenvalue weighted by Crippen LogP contribution is -1.91. The van der Waals surface area contributed by atoms with Crippen LogP contribution in [0.4, 0.5) is 0 Å². The summed E-state index contributed by atoms with van der Waals surface area (Å²) in [5, 5.41) is 1.13. The van der Waals surface area contributed by atoms with Crippen molar-refractivity contribution in [1.82, 2.24) is 15.0 Å². The van der Waals surface area contributed by atoms with Gasteiger partial charge in [0.25, 0.3) is 0 Å². The molecule has 2 aromatic heterocycles. The highest BCUT2D eigenvalue weighted by atomic mass is 16.5. The standard InChI is InChI=1S/C25H21N3O2/c1-29-21-13-12-17(14-22(21)30-2)24-23(16-8-4-3-5-9-16)27-25(28-24)19-15-26-20-11-7-6-10-18(19)20/h3-15,26H,1-2H3,(H,27,28). The van der Waals surface area contributed by atoms with Crippen molar-refractivity contribution in [3.05, 3.63) is 79.0 Å². The molecule has 5 heteroatoms. The number of para-hydroxylation sites is 1. The molecule has 0 atom stereocenters. The lowest BCUT2D eigenvalue weighted by molar-refractivity contribution is 0.355. The van der Waals surface area contributed by atoms with Crippen LogP contribution in [-0.2, 0) is 0 Å². The molecule has 5 aromatic rings. The Morgan fingerprint density at radius 3 is 2.33 bits per heavy atom. The summed E-state index contributed by atoms with van der Waals surface area (Å²) in [7, 11) is 3.28. The van der Waals surface area contributed by atoms with Gasteiger partial charge in [0.2, 0.25) is 0 Å². The molecule has 0 bridgehead atoms. The highest BCUT2D eigenvalue weighted by Gasteiger charge is 2.18. The number of methoxy groups -OCH3 is 2. The van der Waals surface area contributed by atoms with Gasteiger partial charge in [-0.15, -0.1) is 0 Å². The van der Waals surface area contributed by atoms with Crippen molar-refractivity contribution in [2.24, 2.45) is 0 Å². The number of imidazole rings is 1. The highest BCUT2D eigenvalue weighted by Crippen LogP contribution is 2.38. The summed E-state index contributed by atoms with van der Waals surface area (Å²) in [5.41, 5.74) is 5.97. The largest absolute Gasteiger partial charge is 0.493 e. The maximum Gasteiger partial charge on any atom is 0.161 e. The van der Waals surface area contributed by atoms with Gasteiger partial charge in [0.1, 0.15) is 5.82 Å². The van der Waals surface area contributed by atoms with Crippen LogP contribution >= 0.6 is 0 Å². The molecule has 5 nitrogen and oxygen atoms in total. The van der Waals surface area contributed by atoms with Crippen LogP contribution in [0.2, 0.25) is 0 Å². The molecule has 0 aliphatic carbocycles. The molecule has 0 radical (unpaired) electrons. The van der Waals surface area contributed by atoms with Crippen LogP contribution in [0.5, 0.6) is 11.5 Å². The van der Waals surface area contributed by atoms with Gasteiger partial charge < -0.3 is 19.4 Å². The van der Waals surface area contributed by atoms with E-state index in [1.54, 1.807) is 14.2 Å². The van der Waals surface area contributed by atoms with Gasteiger partial charge in [-0.2, -0.15) is 0 Å². The molecule has 30 heavy (non-hydrogen) atoms. The summed E-state index contributed by atoms with van der Waals surface area (Å²) >= 11 is 0. The first-order valence-electron chi connectivity index (χ1n) is 9.73. The lowest BCUT2D eigenvalue weighted by atomic mass is 10.0. The molecule has 3 aromatic carbocycles. The SMILES string of the molecule is COc1ccc(-c2nc(-c3c[nH]c4ccccc34)[nH]c2-c2ccccc2)cc1OC. The lowest BCUT2D eigenvalue weighted by Gasteiger charge is -2.09. The fourth-order valence-electron chi connectivity index (χ4n) is 3.77. The molecule has 5 rings (SSSR count). The molecule has 0 aliphatic heterocycles. The molecular weight excluding hydrogens is 374 g/mol. The third kappa shape index (κ3) is 3.01. The van der Waals surface area contributed by atoms with Gasteiger partial charge in [-0.3, -0.25) is 0 Å². The Bertz CT molecular complexity index is 1320. The maximum absolute atomic E-state index is 5.51. The molecule has 148 valence electrons. The molecule has 2 N–H and O–H groups in total. The topological polar surface area (TPSA) is 62.9 Å². The number of hydrogen-bond donors (Lipinski definition) is 2. The van der Waals surface area contributed by atoms with Crippen LogP contribution < -0.4 is 9.47 Å². The van der Waals surface area contributed by atoms with E-state index in [2.05, 4.69) is 34.2 Å². The Morgan fingerprint density at radius 1 is 0.767 bits per heavy atom. The molecule has 0 fully saturated rings. The number of aromatic nitrogens is 3. The van der Waals surface area contributed by atoms with Gasteiger partial charge in [0.15, 0.2) is 11.5 Å². The third-order valence-electron chi connectivity index (χ3n) is 5.27. The van der Waals surface area contributed by atoms with E-state index in [4.69, 9.17) is 14.5 Å². The van der Waals surface area contributed by atoms with E-state index in [1.807, 2.05) is 54.7 Å². The molecular formula is C25H21N3O2. The molecule has 0 spiro atoms. The van der Waals surface area contributed by atoms with E-state index in [1.165, 1.54) is 0 Å². The number of rotatable bonds is 5. The van der Waals surface area contributed by atoms with Crippen molar-refractivity contribution in [3.63, 3.8) is 0 Å². The highest BCUT2D eigenvalue weighted by molar-refractivity contribution is 5.95. The van der Waals surface area contributed by atoms with Crippen molar-refractivity contribution in [3.8, 4) is 45.4 Å². The first-order valence-corrected chi connectivity index (χ1v) is 9.73. The molecule has 0 unspecified atom stereocenters. The molecule has 0 aliphatic rings. The number of nitrogens with one attached hydrogen (secondary N) is 2. The minimum absolute atomic E-state index is 0.672. The zero-order chi connectivity index (χ0) is 20.5. The van der Waals surface area contributed by atoms with Crippen molar-refractivity contribution in [2.45, 2.75) is 0 Å². The van der Waals surface area contributed by atoms with E-state index in [9.17, 15) is 0 Å². The third-order valence-corrected chi connectivity index (χ3v) is 5.27. The van der Waals surface area contributed by atoms with Gasteiger partial charge >= 0.3 is 0 Å². The average molecular weight is 395 g/mol. The predicted octanol–water partition coefficient (Wildman–Crippen LogP) is 5.91. The van der Waals surface area contributed by atoms with E-state index < -0.39 is 0 Å². The number of hydrogen-bond acceptors (Lipinski definition) is 3. The second-order valence-corrected chi connectivity index (χ2v) is 6.99. The normalized spacial score (nSPS) is 11.0. The first kappa shape index (κ1) is 18.1. The van der Waals surface area contributed by atoms with Gasteiger partial charge in [-0.25, -0.2) is 4.98 Å². The van der Waals surface area contributed by atoms with Crippen LogP contribution in [0.1, 0.15) is 0 Å². The summed E-state index contributed by atoms with van der Waals surface area (Å²) in [5.74, 6) is 2.18. The first-order chi connectivity index (χ1) is 14.8. The number of ether oxygens (including phenoxy) is 2. The van der Waals surface area contributed by atoms with E-state index >= 15 is 0 Å². The summed E-state index contributed by atoms with van der Waals surface area (Å²) in [6.45, 7) is 0. The van der Waals surface area contributed by atoms with E-state index in [0.717, 1.165) is 44.8 Å². The fourth-order valence-corrected chi connectivity index (χ4v) is 3.77. The van der Waals surface area contributed by atoms with Crippen molar-refractivity contribution >= 4 is 10.9 Å². The smallest absolute Gasteiger partial charge is 0.161 e. The Morgan fingerprint density at radius 2 is 1.53 bits per heavy atom.